The van der Waals surface area contributed by atoms with Gasteiger partial charge in [0.2, 0.25) is 5.91 Å². The van der Waals surface area contributed by atoms with Gasteiger partial charge in [0.1, 0.15) is 5.69 Å². The van der Waals surface area contributed by atoms with Gasteiger partial charge in [0.15, 0.2) is 5.16 Å². The number of aromatic nitrogens is 2. The van der Waals surface area contributed by atoms with Crippen molar-refractivity contribution >= 4 is 51.5 Å². The molecule has 1 N–H and O–H groups in total. The van der Waals surface area contributed by atoms with E-state index in [0.717, 1.165) is 18.2 Å². The topological polar surface area (TPSA) is 107 Å². The molecule has 0 saturated heterocycles. The molecule has 2 aromatic carbocycles. The molecule has 0 aliphatic rings. The van der Waals surface area contributed by atoms with Crippen LogP contribution in [0.25, 0.3) is 10.9 Å². The Kier molecular flexibility index (Phi) is 7.29. The van der Waals surface area contributed by atoms with E-state index < -0.39 is 10.8 Å². The average molecular weight is 461 g/mol. The van der Waals surface area contributed by atoms with E-state index in [4.69, 9.17) is 11.6 Å². The number of hydrogen-bond acceptors (Lipinski definition) is 6. The second-order valence-electron chi connectivity index (χ2n) is 7.31. The van der Waals surface area contributed by atoms with Gasteiger partial charge < -0.3 is 5.32 Å². The van der Waals surface area contributed by atoms with Crippen molar-refractivity contribution in [2.45, 2.75) is 32.0 Å². The Morgan fingerprint density at radius 1 is 1.29 bits per heavy atom. The minimum Gasteiger partial charge on any atom is -0.320 e. The molecule has 31 heavy (non-hydrogen) atoms. The second-order valence-corrected chi connectivity index (χ2v) is 8.69. The molecule has 0 saturated carbocycles. The quantitative estimate of drug-likeness (QED) is 0.225. The van der Waals surface area contributed by atoms with Crippen molar-refractivity contribution < 1.29 is 9.72 Å². The molecular formula is C21H21ClN4O4S. The van der Waals surface area contributed by atoms with Crippen molar-refractivity contribution in [1.29, 1.82) is 0 Å². The minimum absolute atomic E-state index is 0.0590. The fourth-order valence-electron chi connectivity index (χ4n) is 2.92. The zero-order valence-electron chi connectivity index (χ0n) is 17.0. The first kappa shape index (κ1) is 22.8. The number of fused-ring (bicyclic) bond motifs is 1. The van der Waals surface area contributed by atoms with E-state index in [2.05, 4.69) is 24.1 Å². The molecule has 0 unspecified atom stereocenters. The van der Waals surface area contributed by atoms with Gasteiger partial charge in [-0.25, -0.2) is 4.98 Å². The number of nitro benzene ring substituents is 1. The SMILES string of the molecule is CC(C)CCn1c(SCC(=O)Nc2ccc(Cl)cc2[N+](=O)[O-])nc2ccccc2c1=O. The summed E-state index contributed by atoms with van der Waals surface area (Å²) in [6, 6.07) is 11.1. The van der Waals surface area contributed by atoms with E-state index in [1.807, 2.05) is 0 Å². The van der Waals surface area contributed by atoms with Gasteiger partial charge in [0.05, 0.1) is 21.6 Å². The summed E-state index contributed by atoms with van der Waals surface area (Å²) < 4.78 is 1.59. The minimum atomic E-state index is -0.608. The number of nitrogens with zero attached hydrogens (tertiary/aromatic N) is 3. The Bertz CT molecular complexity index is 1200. The third kappa shape index (κ3) is 5.62. The summed E-state index contributed by atoms with van der Waals surface area (Å²) in [5.74, 6) is -0.120. The predicted molar refractivity (Wildman–Crippen MR) is 123 cm³/mol. The Labute approximate surface area is 187 Å². The van der Waals surface area contributed by atoms with Crippen molar-refractivity contribution in [3.63, 3.8) is 0 Å². The van der Waals surface area contributed by atoms with Crippen LogP contribution in [0.4, 0.5) is 11.4 Å². The standard InChI is InChI=1S/C21H21ClN4O4S/c1-13(2)9-10-25-20(28)15-5-3-4-6-16(15)24-21(25)31-12-19(27)23-17-8-7-14(22)11-18(17)26(29)30/h3-8,11,13H,9-10,12H2,1-2H3,(H,23,27). The van der Waals surface area contributed by atoms with Crippen molar-refractivity contribution in [1.82, 2.24) is 9.55 Å². The number of carbonyl (C=O) groups excluding carboxylic acids is 1. The number of nitro groups is 1. The third-order valence-electron chi connectivity index (χ3n) is 4.52. The molecule has 3 rings (SSSR count). The highest BCUT2D eigenvalue weighted by Crippen LogP contribution is 2.28. The molecule has 0 bridgehead atoms. The second kappa shape index (κ2) is 9.93. The lowest BCUT2D eigenvalue weighted by Crippen LogP contribution is -2.25. The van der Waals surface area contributed by atoms with Gasteiger partial charge in [0.25, 0.3) is 11.2 Å². The predicted octanol–water partition coefficient (Wildman–Crippen LogP) is 4.74. The molecule has 0 radical (unpaired) electrons. The molecule has 8 nitrogen and oxygen atoms in total. The number of halogens is 1. The number of hydrogen-bond donors (Lipinski definition) is 1. The van der Waals surface area contributed by atoms with E-state index in [0.29, 0.717) is 28.5 Å². The number of anilines is 1. The smallest absolute Gasteiger partial charge is 0.294 e. The summed E-state index contributed by atoms with van der Waals surface area (Å²) >= 11 is 6.92. The maximum Gasteiger partial charge on any atom is 0.294 e. The molecule has 0 atom stereocenters. The van der Waals surface area contributed by atoms with Gasteiger partial charge >= 0.3 is 0 Å². The lowest BCUT2D eigenvalue weighted by Gasteiger charge is -2.14. The number of amides is 1. The van der Waals surface area contributed by atoms with E-state index in [1.165, 1.54) is 18.2 Å². The van der Waals surface area contributed by atoms with Crippen molar-refractivity contribution in [2.24, 2.45) is 5.92 Å². The Morgan fingerprint density at radius 2 is 2.03 bits per heavy atom. The summed E-state index contributed by atoms with van der Waals surface area (Å²) in [4.78, 5) is 40.6. The van der Waals surface area contributed by atoms with Crippen molar-refractivity contribution in [3.8, 4) is 0 Å². The zero-order chi connectivity index (χ0) is 22.5. The van der Waals surface area contributed by atoms with Crippen LogP contribution in [-0.2, 0) is 11.3 Å². The van der Waals surface area contributed by atoms with Crippen molar-refractivity contribution in [2.75, 3.05) is 11.1 Å². The van der Waals surface area contributed by atoms with E-state index in [-0.39, 0.29) is 27.7 Å². The van der Waals surface area contributed by atoms with Gasteiger partial charge in [-0.1, -0.05) is 49.3 Å². The molecule has 1 amide bonds. The van der Waals surface area contributed by atoms with Crippen molar-refractivity contribution in [3.05, 3.63) is 68.0 Å². The van der Waals surface area contributed by atoms with Gasteiger partial charge in [-0.3, -0.25) is 24.3 Å². The van der Waals surface area contributed by atoms with Crippen LogP contribution in [0, 0.1) is 16.0 Å². The molecule has 0 aliphatic carbocycles. The van der Waals surface area contributed by atoms with Crippen LogP contribution in [0.15, 0.2) is 52.4 Å². The summed E-state index contributed by atoms with van der Waals surface area (Å²) in [5, 5.41) is 14.9. The normalized spacial score (nSPS) is 11.1. The van der Waals surface area contributed by atoms with Crippen LogP contribution in [0.1, 0.15) is 20.3 Å². The Balaban J connectivity index is 1.83. The fraction of sp³-hybridized carbons (Fsp3) is 0.286. The van der Waals surface area contributed by atoms with Crippen LogP contribution < -0.4 is 10.9 Å². The summed E-state index contributed by atoms with van der Waals surface area (Å²) in [7, 11) is 0. The van der Waals surface area contributed by atoms with Crippen LogP contribution in [-0.4, -0.2) is 26.1 Å². The number of benzene rings is 2. The molecule has 3 aromatic rings. The lowest BCUT2D eigenvalue weighted by atomic mass is 10.1. The van der Waals surface area contributed by atoms with Crippen LogP contribution in [0.2, 0.25) is 5.02 Å². The van der Waals surface area contributed by atoms with Gasteiger partial charge in [-0.15, -0.1) is 0 Å². The first-order chi connectivity index (χ1) is 14.8. The first-order valence-corrected chi connectivity index (χ1v) is 11.0. The van der Waals surface area contributed by atoms with Crippen LogP contribution in [0.5, 0.6) is 0 Å². The van der Waals surface area contributed by atoms with Gasteiger partial charge in [0, 0.05) is 17.6 Å². The molecule has 1 heterocycles. The highest BCUT2D eigenvalue weighted by Gasteiger charge is 2.18. The van der Waals surface area contributed by atoms with Gasteiger partial charge in [-0.2, -0.15) is 0 Å². The molecule has 0 spiro atoms. The maximum atomic E-state index is 13.0. The molecule has 10 heteroatoms. The molecule has 162 valence electrons. The van der Waals surface area contributed by atoms with Crippen LogP contribution in [0.3, 0.4) is 0 Å². The number of thioether (sulfide) groups is 1. The maximum absolute atomic E-state index is 13.0. The largest absolute Gasteiger partial charge is 0.320 e. The summed E-state index contributed by atoms with van der Waals surface area (Å²) in [6.45, 7) is 4.62. The van der Waals surface area contributed by atoms with E-state index >= 15 is 0 Å². The highest BCUT2D eigenvalue weighted by molar-refractivity contribution is 7.99. The Morgan fingerprint density at radius 3 is 2.74 bits per heavy atom. The summed E-state index contributed by atoms with van der Waals surface area (Å²) in [5.41, 5.74) is 0.180. The fourth-order valence-corrected chi connectivity index (χ4v) is 3.91. The van der Waals surface area contributed by atoms with E-state index in [9.17, 15) is 19.7 Å². The number of carbonyl (C=O) groups is 1. The number of rotatable bonds is 8. The monoisotopic (exact) mass is 460 g/mol. The molecule has 0 fully saturated rings. The molecule has 1 aromatic heterocycles. The van der Waals surface area contributed by atoms with Crippen LogP contribution >= 0.6 is 23.4 Å². The summed E-state index contributed by atoms with van der Waals surface area (Å²) in [6.07, 6.45) is 0.788. The molecule has 0 aliphatic heterocycles. The first-order valence-electron chi connectivity index (χ1n) is 9.62. The highest BCUT2D eigenvalue weighted by atomic mass is 35.5. The number of nitrogens with one attached hydrogen (secondary N) is 1. The van der Waals surface area contributed by atoms with E-state index in [1.54, 1.807) is 28.8 Å². The average Bonchev–Trinajstić information content (AvgIpc) is 2.72. The zero-order valence-corrected chi connectivity index (χ0v) is 18.6. The Hall–Kier alpha value is -2.91. The lowest BCUT2D eigenvalue weighted by molar-refractivity contribution is -0.383. The van der Waals surface area contributed by atoms with Gasteiger partial charge in [-0.05, 0) is 36.6 Å². The third-order valence-corrected chi connectivity index (χ3v) is 5.73. The number of para-hydroxylation sites is 1. The molecular weight excluding hydrogens is 440 g/mol.